The van der Waals surface area contributed by atoms with E-state index in [-0.39, 0.29) is 5.78 Å². The Labute approximate surface area is 87.8 Å². The molecule has 1 heterocycles. The Morgan fingerprint density at radius 1 is 1.54 bits per heavy atom. The molecule has 0 saturated carbocycles. The van der Waals surface area contributed by atoms with Crippen LogP contribution in [0.4, 0.5) is 0 Å². The van der Waals surface area contributed by atoms with Crippen LogP contribution in [0.15, 0.2) is 9.85 Å². The van der Waals surface area contributed by atoms with E-state index in [2.05, 4.69) is 20.7 Å². The summed E-state index contributed by atoms with van der Waals surface area (Å²) in [5.74, 6) is -0.489. The summed E-state index contributed by atoms with van der Waals surface area (Å²) in [5, 5.41) is 0. The molecule has 1 aromatic rings. The van der Waals surface area contributed by atoms with Crippen molar-refractivity contribution in [1.82, 2.24) is 0 Å². The van der Waals surface area contributed by atoms with Crippen molar-refractivity contribution in [3.05, 3.63) is 20.3 Å². The van der Waals surface area contributed by atoms with E-state index in [0.29, 0.717) is 14.2 Å². The van der Waals surface area contributed by atoms with Gasteiger partial charge in [-0.2, -0.15) is 0 Å². The van der Waals surface area contributed by atoms with Gasteiger partial charge in [-0.15, -0.1) is 11.3 Å². The highest BCUT2D eigenvalue weighted by molar-refractivity contribution is 9.11. The molecule has 0 aliphatic carbocycles. The Kier molecular flexibility index (Phi) is 3.22. The minimum absolute atomic E-state index is 0.0710. The highest BCUT2D eigenvalue weighted by Gasteiger charge is 2.15. The lowest BCUT2D eigenvalue weighted by molar-refractivity contribution is 0.0606. The number of ether oxygens (including phenoxy) is 1. The number of thiophene rings is 1. The van der Waals surface area contributed by atoms with E-state index in [1.807, 2.05) is 0 Å². The average molecular weight is 263 g/mol. The molecule has 0 amide bonds. The van der Waals surface area contributed by atoms with Crippen LogP contribution in [0.25, 0.3) is 0 Å². The third-order valence-corrected chi connectivity index (χ3v) is 3.27. The number of esters is 1. The molecular formula is C8H7BrO3S. The second kappa shape index (κ2) is 4.02. The van der Waals surface area contributed by atoms with Crippen LogP contribution in [0.3, 0.4) is 0 Å². The molecule has 0 unspecified atom stereocenters. The first-order valence-electron chi connectivity index (χ1n) is 3.45. The van der Waals surface area contributed by atoms with E-state index < -0.39 is 5.97 Å². The van der Waals surface area contributed by atoms with Gasteiger partial charge in [0.25, 0.3) is 0 Å². The van der Waals surface area contributed by atoms with Crippen LogP contribution in [0.2, 0.25) is 0 Å². The fraction of sp³-hybridized carbons (Fsp3) is 0.250. The molecule has 1 rings (SSSR count). The molecule has 0 aliphatic heterocycles. The van der Waals surface area contributed by atoms with E-state index in [1.54, 1.807) is 0 Å². The summed E-state index contributed by atoms with van der Waals surface area (Å²) in [5.41, 5.74) is 0.519. The van der Waals surface area contributed by atoms with Crippen molar-refractivity contribution in [2.24, 2.45) is 0 Å². The van der Waals surface area contributed by atoms with E-state index in [1.165, 1.54) is 31.4 Å². The zero-order valence-corrected chi connectivity index (χ0v) is 9.49. The molecule has 1 aromatic heterocycles. The molecule has 0 bridgehead atoms. The first-order valence-corrected chi connectivity index (χ1v) is 5.05. The van der Waals surface area contributed by atoms with Gasteiger partial charge in [0.05, 0.1) is 10.9 Å². The Morgan fingerprint density at radius 3 is 2.54 bits per heavy atom. The number of rotatable bonds is 2. The predicted octanol–water partition coefficient (Wildman–Crippen LogP) is 2.50. The highest BCUT2D eigenvalue weighted by atomic mass is 79.9. The van der Waals surface area contributed by atoms with Crippen molar-refractivity contribution >= 4 is 39.0 Å². The van der Waals surface area contributed by atoms with Gasteiger partial charge >= 0.3 is 5.97 Å². The quantitative estimate of drug-likeness (QED) is 0.608. The monoisotopic (exact) mass is 262 g/mol. The average Bonchev–Trinajstić information content (AvgIpc) is 2.46. The molecule has 0 aliphatic rings. The Balaban J connectivity index is 3.09. The first kappa shape index (κ1) is 10.4. The van der Waals surface area contributed by atoms with Crippen LogP contribution in [0.1, 0.15) is 27.0 Å². The third-order valence-electron chi connectivity index (χ3n) is 1.45. The Morgan fingerprint density at radius 2 is 2.15 bits per heavy atom. The van der Waals surface area contributed by atoms with Gasteiger partial charge in [0.15, 0.2) is 5.78 Å². The highest BCUT2D eigenvalue weighted by Crippen LogP contribution is 2.28. The molecule has 0 atom stereocenters. The number of Topliss-reactive ketones (excluding diaryl/α,β-unsaturated/α-hetero) is 1. The van der Waals surface area contributed by atoms with Gasteiger partial charge in [0.2, 0.25) is 0 Å². The zero-order chi connectivity index (χ0) is 10.0. The van der Waals surface area contributed by atoms with Crippen LogP contribution in [0, 0.1) is 0 Å². The summed E-state index contributed by atoms with van der Waals surface area (Å²) >= 11 is 4.40. The maximum Gasteiger partial charge on any atom is 0.348 e. The van der Waals surface area contributed by atoms with E-state index in [9.17, 15) is 9.59 Å². The molecule has 3 nitrogen and oxygen atoms in total. The number of hydrogen-bond acceptors (Lipinski definition) is 4. The van der Waals surface area contributed by atoms with Gasteiger partial charge in [-0.25, -0.2) is 4.79 Å². The van der Waals surface area contributed by atoms with Crippen molar-refractivity contribution < 1.29 is 14.3 Å². The van der Waals surface area contributed by atoms with Crippen molar-refractivity contribution in [3.8, 4) is 0 Å². The van der Waals surface area contributed by atoms with Crippen molar-refractivity contribution in [1.29, 1.82) is 0 Å². The molecule has 70 valence electrons. The number of carbonyl (C=O) groups excluding carboxylic acids is 2. The smallest absolute Gasteiger partial charge is 0.348 e. The summed E-state index contributed by atoms with van der Waals surface area (Å²) in [6.45, 7) is 1.45. The van der Waals surface area contributed by atoms with E-state index in [4.69, 9.17) is 0 Å². The van der Waals surface area contributed by atoms with E-state index >= 15 is 0 Å². The maximum absolute atomic E-state index is 11.1. The van der Waals surface area contributed by atoms with Crippen molar-refractivity contribution in [3.63, 3.8) is 0 Å². The van der Waals surface area contributed by atoms with Gasteiger partial charge in [0.1, 0.15) is 4.88 Å². The summed E-state index contributed by atoms with van der Waals surface area (Å²) in [6, 6.07) is 1.53. The molecule has 0 spiro atoms. The Bertz CT molecular complexity index is 356. The summed E-state index contributed by atoms with van der Waals surface area (Å²) in [4.78, 5) is 22.5. The molecule has 5 heteroatoms. The first-order chi connectivity index (χ1) is 6.06. The van der Waals surface area contributed by atoms with Crippen LogP contribution >= 0.6 is 27.3 Å². The summed E-state index contributed by atoms with van der Waals surface area (Å²) in [6.07, 6.45) is 0. The second-order valence-electron chi connectivity index (χ2n) is 2.35. The third kappa shape index (κ3) is 2.16. The summed E-state index contributed by atoms with van der Waals surface area (Å²) in [7, 11) is 1.31. The number of ketones is 1. The minimum atomic E-state index is -0.418. The molecule has 0 radical (unpaired) electrons. The van der Waals surface area contributed by atoms with E-state index in [0.717, 1.165) is 0 Å². The van der Waals surface area contributed by atoms with Gasteiger partial charge in [-0.05, 0) is 28.9 Å². The SMILES string of the molecule is COC(=O)c1cc(C(C)=O)c(Br)s1. The molecular weight excluding hydrogens is 256 g/mol. The lowest BCUT2D eigenvalue weighted by atomic mass is 10.2. The topological polar surface area (TPSA) is 43.4 Å². The van der Waals surface area contributed by atoms with Gasteiger partial charge in [-0.3, -0.25) is 4.79 Å². The lowest BCUT2D eigenvalue weighted by Gasteiger charge is -1.90. The van der Waals surface area contributed by atoms with Crippen LogP contribution in [-0.2, 0) is 4.74 Å². The number of halogens is 1. The standard InChI is InChI=1S/C8H7BrO3S/c1-4(10)5-3-6(8(11)12-2)13-7(5)9/h3H,1-2H3. The fourth-order valence-corrected chi connectivity index (χ4v) is 2.58. The van der Waals surface area contributed by atoms with Crippen molar-refractivity contribution in [2.75, 3.05) is 7.11 Å². The minimum Gasteiger partial charge on any atom is -0.465 e. The fourth-order valence-electron chi connectivity index (χ4n) is 0.810. The van der Waals surface area contributed by atoms with Gasteiger partial charge in [-0.1, -0.05) is 0 Å². The number of carbonyl (C=O) groups is 2. The zero-order valence-electron chi connectivity index (χ0n) is 7.09. The van der Waals surface area contributed by atoms with Crippen LogP contribution in [0.5, 0.6) is 0 Å². The van der Waals surface area contributed by atoms with Crippen LogP contribution in [-0.4, -0.2) is 18.9 Å². The Hall–Kier alpha value is -0.680. The maximum atomic E-state index is 11.1. The molecule has 0 N–H and O–H groups in total. The normalized spacial score (nSPS) is 9.77. The van der Waals surface area contributed by atoms with Gasteiger partial charge in [0, 0.05) is 5.56 Å². The lowest BCUT2D eigenvalue weighted by Crippen LogP contribution is -1.97. The molecule has 0 aromatic carbocycles. The second-order valence-corrected chi connectivity index (χ2v) is 4.72. The largest absolute Gasteiger partial charge is 0.465 e. The molecule has 0 fully saturated rings. The predicted molar refractivity (Wildman–Crippen MR) is 53.4 cm³/mol. The van der Waals surface area contributed by atoms with Crippen LogP contribution < -0.4 is 0 Å². The number of hydrogen-bond donors (Lipinski definition) is 0. The molecule has 13 heavy (non-hydrogen) atoms. The molecule has 0 saturated heterocycles. The number of methoxy groups -OCH3 is 1. The van der Waals surface area contributed by atoms with Crippen molar-refractivity contribution in [2.45, 2.75) is 6.92 Å². The van der Waals surface area contributed by atoms with Gasteiger partial charge < -0.3 is 4.74 Å². The summed E-state index contributed by atoms with van der Waals surface area (Å²) < 4.78 is 5.19.